The fraction of sp³-hybridized carbons (Fsp3) is 0.467. The minimum Gasteiger partial charge on any atom is -0.480 e. The number of amides is 2. The maximum Gasteiger partial charge on any atom is 0.264 e. The summed E-state index contributed by atoms with van der Waals surface area (Å²) in [5.74, 6) is 0.493. The Labute approximate surface area is 128 Å². The van der Waals surface area contributed by atoms with Crippen LogP contribution in [-0.4, -0.2) is 41.9 Å². The Balaban J connectivity index is 1.76. The summed E-state index contributed by atoms with van der Waals surface area (Å²) >= 11 is 5.96. The normalized spacial score (nSPS) is 24.3. The Kier molecular flexibility index (Phi) is 3.76. The van der Waals surface area contributed by atoms with E-state index in [2.05, 4.69) is 5.32 Å². The van der Waals surface area contributed by atoms with Crippen molar-refractivity contribution in [2.75, 3.05) is 13.1 Å². The predicted octanol–water partition coefficient (Wildman–Crippen LogP) is 1.38. The molecule has 6 heteroatoms. The number of carbonyl (C=O) groups excluding carboxylic acids is 2. The molecule has 2 amide bonds. The lowest BCUT2D eigenvalue weighted by Crippen LogP contribution is -2.59. The average Bonchev–Trinajstić information content (AvgIpc) is 2.89. The molecule has 2 aliphatic rings. The molecule has 3 rings (SSSR count). The summed E-state index contributed by atoms with van der Waals surface area (Å²) in [6.45, 7) is 2.92. The van der Waals surface area contributed by atoms with Crippen molar-refractivity contribution in [3.63, 3.8) is 0 Å². The molecular weight excluding hydrogens is 292 g/mol. The quantitative estimate of drug-likeness (QED) is 0.898. The Bertz CT molecular complexity index is 590. The van der Waals surface area contributed by atoms with Crippen molar-refractivity contribution in [3.8, 4) is 5.75 Å². The second-order valence-electron chi connectivity index (χ2n) is 5.31. The van der Waals surface area contributed by atoms with Crippen LogP contribution in [0.3, 0.4) is 0 Å². The highest BCUT2D eigenvalue weighted by molar-refractivity contribution is 6.30. The highest BCUT2D eigenvalue weighted by Gasteiger charge is 2.38. The molecule has 21 heavy (non-hydrogen) atoms. The zero-order chi connectivity index (χ0) is 15.0. The molecule has 0 spiro atoms. The van der Waals surface area contributed by atoms with Gasteiger partial charge in [-0.15, -0.1) is 0 Å². The molecule has 0 bridgehead atoms. The minimum absolute atomic E-state index is 0.0874. The fourth-order valence-corrected chi connectivity index (χ4v) is 3.12. The molecule has 2 heterocycles. The largest absolute Gasteiger partial charge is 0.480 e. The maximum atomic E-state index is 12.7. The number of fused-ring (bicyclic) bond motifs is 1. The summed E-state index contributed by atoms with van der Waals surface area (Å²) in [7, 11) is 0. The molecule has 5 nitrogen and oxygen atoms in total. The summed E-state index contributed by atoms with van der Waals surface area (Å²) in [4.78, 5) is 26.1. The van der Waals surface area contributed by atoms with E-state index in [1.165, 1.54) is 0 Å². The van der Waals surface area contributed by atoms with Crippen molar-refractivity contribution in [1.29, 1.82) is 0 Å². The maximum absolute atomic E-state index is 12.7. The number of nitrogens with zero attached hydrogens (tertiary/aromatic N) is 1. The van der Waals surface area contributed by atoms with Crippen LogP contribution in [0.5, 0.6) is 5.75 Å². The number of hydrogen-bond donors (Lipinski definition) is 1. The molecule has 0 aromatic heterocycles. The van der Waals surface area contributed by atoms with Gasteiger partial charge in [0.15, 0.2) is 6.10 Å². The monoisotopic (exact) mass is 308 g/mol. The van der Waals surface area contributed by atoms with Gasteiger partial charge >= 0.3 is 0 Å². The summed E-state index contributed by atoms with van der Waals surface area (Å²) in [5, 5.41) is 3.43. The third kappa shape index (κ3) is 2.58. The molecule has 1 aromatic rings. The van der Waals surface area contributed by atoms with Crippen molar-refractivity contribution in [3.05, 3.63) is 28.8 Å². The van der Waals surface area contributed by atoms with Crippen LogP contribution in [0.25, 0.3) is 0 Å². The van der Waals surface area contributed by atoms with Crippen molar-refractivity contribution in [1.82, 2.24) is 10.2 Å². The Morgan fingerprint density at radius 3 is 3.10 bits per heavy atom. The second kappa shape index (κ2) is 5.56. The van der Waals surface area contributed by atoms with Gasteiger partial charge in [-0.25, -0.2) is 0 Å². The number of halogens is 1. The molecule has 2 unspecified atom stereocenters. The van der Waals surface area contributed by atoms with E-state index < -0.39 is 12.1 Å². The van der Waals surface area contributed by atoms with Crippen LogP contribution < -0.4 is 10.1 Å². The number of piperazine rings is 1. The summed E-state index contributed by atoms with van der Waals surface area (Å²) in [5.41, 5.74) is 0.940. The summed E-state index contributed by atoms with van der Waals surface area (Å²) < 4.78 is 5.72. The molecule has 1 fully saturated rings. The third-order valence-corrected chi connectivity index (χ3v) is 4.21. The molecule has 0 saturated carbocycles. The van der Waals surface area contributed by atoms with Gasteiger partial charge in [-0.2, -0.15) is 0 Å². The van der Waals surface area contributed by atoms with Crippen LogP contribution in [0.1, 0.15) is 18.9 Å². The van der Waals surface area contributed by atoms with E-state index >= 15 is 0 Å². The van der Waals surface area contributed by atoms with Gasteiger partial charge in [0.1, 0.15) is 11.8 Å². The Hall–Kier alpha value is -1.75. The van der Waals surface area contributed by atoms with E-state index in [9.17, 15) is 9.59 Å². The van der Waals surface area contributed by atoms with Gasteiger partial charge in [0.05, 0.1) is 0 Å². The lowest BCUT2D eigenvalue weighted by molar-refractivity contribution is -0.148. The standard InChI is InChI=1S/C15H17ClN2O3/c1-2-11-14(19)17-5-6-18(11)15(20)13-8-9-7-10(16)3-4-12(9)21-13/h3-4,7,11,13H,2,5-6,8H2,1H3,(H,17,19). The first-order chi connectivity index (χ1) is 10.1. The van der Waals surface area contributed by atoms with Crippen molar-refractivity contribution in [2.24, 2.45) is 0 Å². The molecular formula is C15H17ClN2O3. The van der Waals surface area contributed by atoms with E-state index in [-0.39, 0.29) is 11.8 Å². The molecule has 1 saturated heterocycles. The average molecular weight is 309 g/mol. The van der Waals surface area contributed by atoms with Gasteiger partial charge < -0.3 is 15.0 Å². The van der Waals surface area contributed by atoms with Crippen LogP contribution in [-0.2, 0) is 16.0 Å². The van der Waals surface area contributed by atoms with E-state index in [1.807, 2.05) is 13.0 Å². The van der Waals surface area contributed by atoms with Crippen LogP contribution in [0.4, 0.5) is 0 Å². The number of rotatable bonds is 2. The zero-order valence-corrected chi connectivity index (χ0v) is 12.5. The highest BCUT2D eigenvalue weighted by atomic mass is 35.5. The molecule has 1 N–H and O–H groups in total. The zero-order valence-electron chi connectivity index (χ0n) is 11.8. The lowest BCUT2D eigenvalue weighted by atomic mass is 10.1. The summed E-state index contributed by atoms with van der Waals surface area (Å²) in [6, 6.07) is 4.95. The number of benzene rings is 1. The van der Waals surface area contributed by atoms with Crippen LogP contribution in [0.15, 0.2) is 18.2 Å². The van der Waals surface area contributed by atoms with Gasteiger partial charge in [0, 0.05) is 24.5 Å². The molecule has 2 atom stereocenters. The first kappa shape index (κ1) is 14.2. The molecule has 0 aliphatic carbocycles. The number of hydrogen-bond acceptors (Lipinski definition) is 3. The molecule has 1 aromatic carbocycles. The van der Waals surface area contributed by atoms with E-state index in [4.69, 9.17) is 16.3 Å². The minimum atomic E-state index is -0.557. The number of carbonyl (C=O) groups is 2. The third-order valence-electron chi connectivity index (χ3n) is 3.97. The van der Waals surface area contributed by atoms with Crippen molar-refractivity contribution >= 4 is 23.4 Å². The predicted molar refractivity (Wildman–Crippen MR) is 78.4 cm³/mol. The van der Waals surface area contributed by atoms with Gasteiger partial charge in [0.25, 0.3) is 5.91 Å². The number of ether oxygens (including phenoxy) is 1. The van der Waals surface area contributed by atoms with Gasteiger partial charge in [-0.05, 0) is 30.2 Å². The Morgan fingerprint density at radius 1 is 1.52 bits per heavy atom. The second-order valence-corrected chi connectivity index (χ2v) is 5.75. The van der Waals surface area contributed by atoms with Crippen LogP contribution >= 0.6 is 11.6 Å². The SMILES string of the molecule is CCC1C(=O)NCCN1C(=O)C1Cc2cc(Cl)ccc2O1. The lowest BCUT2D eigenvalue weighted by Gasteiger charge is -2.35. The highest BCUT2D eigenvalue weighted by Crippen LogP contribution is 2.32. The van der Waals surface area contributed by atoms with E-state index in [0.717, 1.165) is 5.56 Å². The Morgan fingerprint density at radius 2 is 2.33 bits per heavy atom. The topological polar surface area (TPSA) is 58.6 Å². The van der Waals surface area contributed by atoms with E-state index in [0.29, 0.717) is 36.7 Å². The van der Waals surface area contributed by atoms with Gasteiger partial charge in [-0.3, -0.25) is 9.59 Å². The summed E-state index contributed by atoms with van der Waals surface area (Å²) in [6.07, 6.45) is 0.547. The smallest absolute Gasteiger partial charge is 0.264 e. The van der Waals surface area contributed by atoms with Crippen LogP contribution in [0, 0.1) is 0 Å². The fourth-order valence-electron chi connectivity index (χ4n) is 2.92. The van der Waals surface area contributed by atoms with Gasteiger partial charge in [-0.1, -0.05) is 18.5 Å². The van der Waals surface area contributed by atoms with Gasteiger partial charge in [0.2, 0.25) is 5.91 Å². The first-order valence-electron chi connectivity index (χ1n) is 7.13. The van der Waals surface area contributed by atoms with E-state index in [1.54, 1.807) is 17.0 Å². The van der Waals surface area contributed by atoms with Crippen LogP contribution in [0.2, 0.25) is 5.02 Å². The first-order valence-corrected chi connectivity index (χ1v) is 7.51. The molecule has 0 radical (unpaired) electrons. The number of nitrogens with one attached hydrogen (secondary N) is 1. The van der Waals surface area contributed by atoms with Crippen molar-refractivity contribution in [2.45, 2.75) is 31.9 Å². The molecule has 2 aliphatic heterocycles. The molecule has 112 valence electrons. The van der Waals surface area contributed by atoms with Crippen molar-refractivity contribution < 1.29 is 14.3 Å².